The maximum absolute atomic E-state index is 13.3. The number of rotatable bonds is 1. The van der Waals surface area contributed by atoms with E-state index >= 15 is 0 Å². The Kier molecular flexibility index (Phi) is 7.18. The molecule has 0 spiro atoms. The van der Waals surface area contributed by atoms with Crippen LogP contribution in [0.2, 0.25) is 0 Å². The van der Waals surface area contributed by atoms with E-state index in [4.69, 9.17) is 9.47 Å². The highest BCUT2D eigenvalue weighted by Gasteiger charge is 2.38. The molecule has 2 aliphatic rings. The minimum atomic E-state index is -0.437. The second-order valence-corrected chi connectivity index (χ2v) is 11.2. The first-order valence-electron chi connectivity index (χ1n) is 12.4. The molecular formula is C28H30N4O5S. The van der Waals surface area contributed by atoms with Crippen molar-refractivity contribution in [2.24, 2.45) is 0 Å². The minimum absolute atomic E-state index is 0.135. The Morgan fingerprint density at radius 2 is 1.92 bits per heavy atom. The lowest BCUT2D eigenvalue weighted by atomic mass is 10.1. The number of nitrogens with zero attached hydrogens (tertiary/aromatic N) is 3. The molecule has 3 aromatic rings. The van der Waals surface area contributed by atoms with Crippen molar-refractivity contribution in [3.63, 3.8) is 0 Å². The van der Waals surface area contributed by atoms with Crippen LogP contribution >= 0.6 is 11.3 Å². The molecule has 1 aromatic heterocycles. The summed E-state index contributed by atoms with van der Waals surface area (Å²) in [5.74, 6) is 0.391. The SMILES string of the molecule is Cc1nc(C(=O)N2C[C@@H]3NC(=O)CN(C)C(=O)c4ccc(C)c(c4)Oc4cccc(c4)CO[C@H]3C2)c(C)s1. The molecule has 5 rings (SSSR count). The Hall–Kier alpha value is -3.76. The van der Waals surface area contributed by atoms with E-state index in [1.165, 1.54) is 16.2 Å². The number of nitrogens with one attached hydrogen (secondary N) is 1. The zero-order valence-corrected chi connectivity index (χ0v) is 22.6. The van der Waals surface area contributed by atoms with Gasteiger partial charge < -0.3 is 24.6 Å². The number of hydrogen-bond acceptors (Lipinski definition) is 7. The average Bonchev–Trinajstić information content (AvgIpc) is 3.44. The Labute approximate surface area is 225 Å². The van der Waals surface area contributed by atoms with Gasteiger partial charge in [0.05, 0.1) is 30.3 Å². The van der Waals surface area contributed by atoms with Crippen molar-refractivity contribution in [1.29, 1.82) is 0 Å². The van der Waals surface area contributed by atoms with E-state index in [-0.39, 0.29) is 37.4 Å². The first kappa shape index (κ1) is 25.9. The number of carbonyl (C=O) groups is 3. The van der Waals surface area contributed by atoms with E-state index in [1.807, 2.05) is 51.1 Å². The molecule has 198 valence electrons. The number of fused-ring (bicyclic) bond motifs is 5. The molecule has 10 heteroatoms. The van der Waals surface area contributed by atoms with Crippen molar-refractivity contribution in [3.05, 3.63) is 74.7 Å². The van der Waals surface area contributed by atoms with Crippen molar-refractivity contribution in [1.82, 2.24) is 20.1 Å². The van der Waals surface area contributed by atoms with E-state index in [1.54, 1.807) is 24.1 Å². The highest BCUT2D eigenvalue weighted by atomic mass is 32.1. The van der Waals surface area contributed by atoms with Gasteiger partial charge in [0.2, 0.25) is 5.91 Å². The summed E-state index contributed by atoms with van der Waals surface area (Å²) in [5, 5.41) is 3.83. The fourth-order valence-corrected chi connectivity index (χ4v) is 5.57. The molecule has 2 atom stereocenters. The van der Waals surface area contributed by atoms with E-state index in [0.29, 0.717) is 29.3 Å². The predicted molar refractivity (Wildman–Crippen MR) is 143 cm³/mol. The van der Waals surface area contributed by atoms with Crippen molar-refractivity contribution in [3.8, 4) is 11.5 Å². The van der Waals surface area contributed by atoms with Gasteiger partial charge in [-0.05, 0) is 56.2 Å². The summed E-state index contributed by atoms with van der Waals surface area (Å²) < 4.78 is 12.4. The molecule has 2 aromatic carbocycles. The molecule has 0 unspecified atom stereocenters. The monoisotopic (exact) mass is 534 g/mol. The molecule has 38 heavy (non-hydrogen) atoms. The van der Waals surface area contributed by atoms with Gasteiger partial charge in [-0.15, -0.1) is 11.3 Å². The fourth-order valence-electron chi connectivity index (χ4n) is 4.76. The van der Waals surface area contributed by atoms with Crippen LogP contribution in [0.4, 0.5) is 0 Å². The van der Waals surface area contributed by atoms with E-state index < -0.39 is 12.1 Å². The van der Waals surface area contributed by atoms with Crippen LogP contribution in [0.3, 0.4) is 0 Å². The standard InChI is InChI=1S/C28H30N4O5S/c1-16-8-9-20-11-23(16)37-21-7-5-6-19(10-21)15-36-24-13-32(28(35)26-17(2)38-18(3)29-26)12-22(24)30-25(33)14-31(4)27(20)34/h5-11,22,24H,12-15H2,1-4H3,(H,30,33)/t22-,24-/m0/s1. The summed E-state index contributed by atoms with van der Waals surface area (Å²) in [7, 11) is 1.58. The van der Waals surface area contributed by atoms with Crippen LogP contribution in [0.5, 0.6) is 11.5 Å². The molecule has 0 aliphatic carbocycles. The molecule has 1 saturated heterocycles. The second-order valence-electron chi connectivity index (χ2n) is 9.76. The molecule has 0 saturated carbocycles. The first-order valence-corrected chi connectivity index (χ1v) is 13.3. The predicted octanol–water partition coefficient (Wildman–Crippen LogP) is 3.47. The summed E-state index contributed by atoms with van der Waals surface area (Å²) in [6, 6.07) is 12.4. The Balaban J connectivity index is 1.43. The van der Waals surface area contributed by atoms with Crippen molar-refractivity contribution >= 4 is 29.1 Å². The topological polar surface area (TPSA) is 101 Å². The fraction of sp³-hybridized carbons (Fsp3) is 0.357. The third-order valence-corrected chi connectivity index (χ3v) is 7.65. The van der Waals surface area contributed by atoms with Gasteiger partial charge >= 0.3 is 0 Å². The molecule has 9 nitrogen and oxygen atoms in total. The number of aryl methyl sites for hydroxylation is 3. The van der Waals surface area contributed by atoms with Gasteiger partial charge in [-0.25, -0.2) is 4.98 Å². The largest absolute Gasteiger partial charge is 0.457 e. The summed E-state index contributed by atoms with van der Waals surface area (Å²) in [6.07, 6.45) is -0.434. The lowest BCUT2D eigenvalue weighted by Gasteiger charge is -2.23. The molecule has 2 aliphatic heterocycles. The summed E-state index contributed by atoms with van der Waals surface area (Å²) in [6.45, 7) is 6.41. The highest BCUT2D eigenvalue weighted by Crippen LogP contribution is 2.28. The number of aromatic nitrogens is 1. The second kappa shape index (κ2) is 10.5. The third kappa shape index (κ3) is 5.41. The van der Waals surface area contributed by atoms with Gasteiger partial charge in [-0.3, -0.25) is 14.4 Å². The summed E-state index contributed by atoms with van der Waals surface area (Å²) in [4.78, 5) is 47.7. The van der Waals surface area contributed by atoms with Gasteiger partial charge in [0.1, 0.15) is 17.2 Å². The first-order chi connectivity index (χ1) is 18.2. The van der Waals surface area contributed by atoms with E-state index in [2.05, 4.69) is 10.3 Å². The highest BCUT2D eigenvalue weighted by molar-refractivity contribution is 7.11. The third-order valence-electron chi connectivity index (χ3n) is 6.76. The number of hydrogen-bond donors (Lipinski definition) is 1. The van der Waals surface area contributed by atoms with Gasteiger partial charge in [-0.1, -0.05) is 18.2 Å². The van der Waals surface area contributed by atoms with Crippen LogP contribution in [-0.4, -0.2) is 71.3 Å². The van der Waals surface area contributed by atoms with Gasteiger partial charge in [-0.2, -0.15) is 0 Å². The number of amides is 3. The van der Waals surface area contributed by atoms with Crippen LogP contribution in [0, 0.1) is 20.8 Å². The minimum Gasteiger partial charge on any atom is -0.457 e. The molecule has 1 fully saturated rings. The van der Waals surface area contributed by atoms with Crippen LogP contribution in [0.1, 0.15) is 41.9 Å². The Bertz CT molecular complexity index is 1400. The number of ether oxygens (including phenoxy) is 2. The van der Waals surface area contributed by atoms with Crippen LogP contribution in [-0.2, 0) is 16.1 Å². The van der Waals surface area contributed by atoms with Crippen LogP contribution in [0.15, 0.2) is 42.5 Å². The lowest BCUT2D eigenvalue weighted by molar-refractivity contribution is -0.123. The molecule has 3 heterocycles. The zero-order valence-electron chi connectivity index (χ0n) is 21.8. The van der Waals surface area contributed by atoms with Crippen molar-refractivity contribution in [2.45, 2.75) is 39.5 Å². The van der Waals surface area contributed by atoms with Crippen molar-refractivity contribution in [2.75, 3.05) is 26.7 Å². The number of carbonyl (C=O) groups excluding carboxylic acids is 3. The molecule has 0 radical (unpaired) electrons. The quantitative estimate of drug-likeness (QED) is 0.513. The number of likely N-dealkylation sites (tertiary alicyclic amines) is 1. The van der Waals surface area contributed by atoms with E-state index in [9.17, 15) is 14.4 Å². The molecule has 1 N–H and O–H groups in total. The number of benzene rings is 2. The number of likely N-dealkylation sites (N-methyl/N-ethyl adjacent to an activating group) is 1. The average molecular weight is 535 g/mol. The summed E-state index contributed by atoms with van der Waals surface area (Å²) in [5.41, 5.74) is 2.63. The maximum Gasteiger partial charge on any atom is 0.273 e. The normalized spacial score (nSPS) is 20.1. The van der Waals surface area contributed by atoms with Gasteiger partial charge in [0.15, 0.2) is 0 Å². The van der Waals surface area contributed by atoms with Crippen LogP contribution in [0.25, 0.3) is 0 Å². The lowest BCUT2D eigenvalue weighted by Crippen LogP contribution is -2.48. The van der Waals surface area contributed by atoms with Gasteiger partial charge in [0, 0.05) is 30.6 Å². The van der Waals surface area contributed by atoms with Crippen LogP contribution < -0.4 is 10.1 Å². The van der Waals surface area contributed by atoms with Gasteiger partial charge in [0.25, 0.3) is 11.8 Å². The Morgan fingerprint density at radius 3 is 2.68 bits per heavy atom. The van der Waals surface area contributed by atoms with E-state index in [0.717, 1.165) is 21.0 Å². The molecular weight excluding hydrogens is 504 g/mol. The molecule has 3 amide bonds. The molecule has 4 bridgehead atoms. The van der Waals surface area contributed by atoms with Crippen molar-refractivity contribution < 1.29 is 23.9 Å². The summed E-state index contributed by atoms with van der Waals surface area (Å²) >= 11 is 1.48. The number of thiazole rings is 1. The smallest absolute Gasteiger partial charge is 0.273 e. The zero-order chi connectivity index (χ0) is 27.0. The maximum atomic E-state index is 13.3. The Morgan fingerprint density at radius 1 is 1.11 bits per heavy atom.